The van der Waals surface area contributed by atoms with Gasteiger partial charge >= 0.3 is 5.97 Å². The highest BCUT2D eigenvalue weighted by Gasteiger charge is 2.38. The Bertz CT molecular complexity index is 651. The quantitative estimate of drug-likeness (QED) is 0.621. The number of ether oxygens (including phenoxy) is 1. The molecule has 1 N–H and O–H groups in total. The Morgan fingerprint density at radius 1 is 1.42 bits per heavy atom. The van der Waals surface area contributed by atoms with Crippen molar-refractivity contribution in [1.82, 2.24) is 10.2 Å². The molecule has 24 heavy (non-hydrogen) atoms. The van der Waals surface area contributed by atoms with Gasteiger partial charge in [0, 0.05) is 13.0 Å². The summed E-state index contributed by atoms with van der Waals surface area (Å²) >= 11 is 0. The first-order chi connectivity index (χ1) is 11.5. The fraction of sp³-hybridized carbons (Fsp3) is 0.389. The molecule has 0 aliphatic carbocycles. The van der Waals surface area contributed by atoms with Gasteiger partial charge in [0.15, 0.2) is 6.61 Å². The Balaban J connectivity index is 1.88. The van der Waals surface area contributed by atoms with Crippen LogP contribution in [0.25, 0.3) is 0 Å². The molecular formula is C18H20N2O4. The second kappa shape index (κ2) is 8.16. The van der Waals surface area contributed by atoms with Crippen LogP contribution in [-0.4, -0.2) is 42.4 Å². The number of benzene rings is 1. The summed E-state index contributed by atoms with van der Waals surface area (Å²) in [5, 5.41) is 2.41. The Kier molecular flexibility index (Phi) is 5.96. The van der Waals surface area contributed by atoms with Crippen LogP contribution in [0, 0.1) is 18.3 Å². The van der Waals surface area contributed by atoms with Crippen molar-refractivity contribution in [2.75, 3.05) is 19.7 Å². The van der Waals surface area contributed by atoms with E-state index < -0.39 is 17.8 Å². The third-order valence-electron chi connectivity index (χ3n) is 3.97. The van der Waals surface area contributed by atoms with Crippen molar-refractivity contribution >= 4 is 17.8 Å². The van der Waals surface area contributed by atoms with Gasteiger partial charge in [-0.05, 0) is 12.5 Å². The lowest BCUT2D eigenvalue weighted by Crippen LogP contribution is -2.32. The summed E-state index contributed by atoms with van der Waals surface area (Å²) in [6, 6.07) is 9.50. The Hall–Kier alpha value is -2.81. The lowest BCUT2D eigenvalue weighted by atomic mass is 10.1. The van der Waals surface area contributed by atoms with E-state index in [1.165, 1.54) is 0 Å². The number of nitrogens with zero attached hydrogens (tertiary/aromatic N) is 1. The molecule has 0 bridgehead atoms. The van der Waals surface area contributed by atoms with Crippen LogP contribution < -0.4 is 5.32 Å². The van der Waals surface area contributed by atoms with Gasteiger partial charge < -0.3 is 15.0 Å². The summed E-state index contributed by atoms with van der Waals surface area (Å²) in [5.74, 6) is 0.615. The largest absolute Gasteiger partial charge is 0.455 e. The highest BCUT2D eigenvalue weighted by Crippen LogP contribution is 2.28. The van der Waals surface area contributed by atoms with Gasteiger partial charge in [0.05, 0.1) is 18.5 Å². The summed E-state index contributed by atoms with van der Waals surface area (Å²) in [5.41, 5.74) is 1.01. The van der Waals surface area contributed by atoms with Crippen molar-refractivity contribution in [3.63, 3.8) is 0 Å². The summed E-state index contributed by atoms with van der Waals surface area (Å²) in [6.07, 6.45) is 5.12. The third-order valence-corrected chi connectivity index (χ3v) is 3.97. The number of rotatable bonds is 6. The summed E-state index contributed by atoms with van der Waals surface area (Å²) in [4.78, 5) is 37.3. The number of likely N-dealkylation sites (tertiary alicyclic amines) is 1. The number of nitrogens with one attached hydrogen (secondary N) is 1. The van der Waals surface area contributed by atoms with E-state index in [0.717, 1.165) is 5.56 Å². The Morgan fingerprint density at radius 2 is 2.12 bits per heavy atom. The zero-order valence-corrected chi connectivity index (χ0v) is 13.5. The summed E-state index contributed by atoms with van der Waals surface area (Å²) < 4.78 is 4.97. The number of hydrogen-bond donors (Lipinski definition) is 1. The minimum absolute atomic E-state index is 0.0840. The molecule has 2 amide bonds. The molecule has 0 spiro atoms. The van der Waals surface area contributed by atoms with Crippen molar-refractivity contribution in [2.24, 2.45) is 5.92 Å². The number of carbonyl (C=O) groups is 3. The average Bonchev–Trinajstić information content (AvgIpc) is 2.99. The van der Waals surface area contributed by atoms with E-state index in [1.54, 1.807) is 4.90 Å². The number of esters is 1. The molecule has 1 aromatic carbocycles. The van der Waals surface area contributed by atoms with Crippen LogP contribution in [0.4, 0.5) is 0 Å². The minimum Gasteiger partial charge on any atom is -0.455 e. The molecule has 0 unspecified atom stereocenters. The highest BCUT2D eigenvalue weighted by atomic mass is 16.5. The van der Waals surface area contributed by atoms with E-state index >= 15 is 0 Å². The van der Waals surface area contributed by atoms with E-state index in [0.29, 0.717) is 6.54 Å². The van der Waals surface area contributed by atoms with Gasteiger partial charge in [0.25, 0.3) is 5.91 Å². The fourth-order valence-corrected chi connectivity index (χ4v) is 2.63. The molecule has 0 aromatic heterocycles. The molecule has 1 fully saturated rings. The van der Waals surface area contributed by atoms with Crippen molar-refractivity contribution in [3.8, 4) is 12.3 Å². The van der Waals surface area contributed by atoms with Gasteiger partial charge in [0.2, 0.25) is 5.91 Å². The number of carbonyl (C=O) groups excluding carboxylic acids is 3. The first-order valence-electron chi connectivity index (χ1n) is 7.74. The lowest BCUT2D eigenvalue weighted by Gasteiger charge is -2.25. The smallest absolute Gasteiger partial charge is 0.311 e. The Morgan fingerprint density at radius 3 is 2.79 bits per heavy atom. The van der Waals surface area contributed by atoms with Crippen molar-refractivity contribution in [2.45, 2.75) is 19.4 Å². The van der Waals surface area contributed by atoms with E-state index in [2.05, 4.69) is 11.2 Å². The third kappa shape index (κ3) is 4.35. The number of hydrogen-bond acceptors (Lipinski definition) is 4. The van der Waals surface area contributed by atoms with Crippen LogP contribution in [0.15, 0.2) is 30.3 Å². The number of terminal acetylenes is 1. The average molecular weight is 328 g/mol. The summed E-state index contributed by atoms with van der Waals surface area (Å²) in [6.45, 7) is 1.91. The second-order valence-electron chi connectivity index (χ2n) is 5.62. The first kappa shape index (κ1) is 17.5. The lowest BCUT2D eigenvalue weighted by molar-refractivity contribution is -0.152. The van der Waals surface area contributed by atoms with Crippen LogP contribution in [0.1, 0.15) is 24.9 Å². The maximum absolute atomic E-state index is 12.2. The van der Waals surface area contributed by atoms with Crippen molar-refractivity contribution < 1.29 is 19.1 Å². The van der Waals surface area contributed by atoms with Gasteiger partial charge in [-0.1, -0.05) is 36.3 Å². The molecule has 126 valence electrons. The molecule has 1 heterocycles. The predicted molar refractivity (Wildman–Crippen MR) is 87.5 cm³/mol. The Labute approximate surface area is 141 Å². The van der Waals surface area contributed by atoms with Gasteiger partial charge in [-0.2, -0.15) is 0 Å². The maximum atomic E-state index is 12.2. The normalized spacial score (nSPS) is 17.9. The molecule has 6 heteroatoms. The van der Waals surface area contributed by atoms with Crippen LogP contribution in [0.3, 0.4) is 0 Å². The van der Waals surface area contributed by atoms with Crippen LogP contribution in [0.5, 0.6) is 0 Å². The molecule has 2 rings (SSSR count). The number of amides is 2. The molecular weight excluding hydrogens is 308 g/mol. The van der Waals surface area contributed by atoms with Gasteiger partial charge in [-0.15, -0.1) is 6.42 Å². The van der Waals surface area contributed by atoms with Gasteiger partial charge in [0.1, 0.15) is 0 Å². The predicted octanol–water partition coefficient (Wildman–Crippen LogP) is 0.889. The van der Waals surface area contributed by atoms with Crippen molar-refractivity contribution in [3.05, 3.63) is 35.9 Å². The molecule has 1 saturated heterocycles. The standard InChI is InChI=1S/C18H20N2O4/c1-3-9-19-16(21)12-24-18(23)15-10-17(22)20(11-15)13(2)14-7-5-4-6-8-14/h1,4-8,13,15H,9-12H2,2H3,(H,19,21)/t13-,15+/m1/s1. The van der Waals surface area contributed by atoms with E-state index in [9.17, 15) is 14.4 Å². The van der Waals surface area contributed by atoms with Crippen LogP contribution >= 0.6 is 0 Å². The van der Waals surface area contributed by atoms with E-state index in [-0.39, 0.29) is 31.5 Å². The molecule has 1 aliphatic rings. The zero-order valence-electron chi connectivity index (χ0n) is 13.5. The molecule has 2 atom stereocenters. The van der Waals surface area contributed by atoms with E-state index in [4.69, 9.17) is 11.2 Å². The van der Waals surface area contributed by atoms with Crippen molar-refractivity contribution in [1.29, 1.82) is 0 Å². The summed E-state index contributed by atoms with van der Waals surface area (Å²) in [7, 11) is 0. The van der Waals surface area contributed by atoms with Gasteiger partial charge in [-0.3, -0.25) is 14.4 Å². The molecule has 0 radical (unpaired) electrons. The molecule has 1 aliphatic heterocycles. The van der Waals surface area contributed by atoms with E-state index in [1.807, 2.05) is 37.3 Å². The van der Waals surface area contributed by atoms with Crippen LogP contribution in [-0.2, 0) is 19.1 Å². The topological polar surface area (TPSA) is 75.7 Å². The molecule has 6 nitrogen and oxygen atoms in total. The first-order valence-corrected chi connectivity index (χ1v) is 7.74. The highest BCUT2D eigenvalue weighted by molar-refractivity contribution is 5.88. The fourth-order valence-electron chi connectivity index (χ4n) is 2.63. The molecule has 0 saturated carbocycles. The molecule has 1 aromatic rings. The minimum atomic E-state index is -0.552. The van der Waals surface area contributed by atoms with Crippen LogP contribution in [0.2, 0.25) is 0 Å². The monoisotopic (exact) mass is 328 g/mol. The second-order valence-corrected chi connectivity index (χ2v) is 5.62. The zero-order chi connectivity index (χ0) is 17.5. The maximum Gasteiger partial charge on any atom is 0.311 e. The SMILES string of the molecule is C#CCNC(=O)COC(=O)[C@H]1CC(=O)N([C@H](C)c2ccccc2)C1. The van der Waals surface area contributed by atoms with Gasteiger partial charge in [-0.25, -0.2) is 0 Å².